The molecule has 0 aliphatic carbocycles. The first-order chi connectivity index (χ1) is 7.39. The van der Waals surface area contributed by atoms with Gasteiger partial charge in [-0.1, -0.05) is 0 Å². The van der Waals surface area contributed by atoms with E-state index in [2.05, 4.69) is 31.0 Å². The summed E-state index contributed by atoms with van der Waals surface area (Å²) in [4.78, 5) is 3.74. The normalized spacial score (nSPS) is 37.1. The van der Waals surface area contributed by atoms with Crippen LogP contribution in [-0.4, -0.2) is 52.6 Å². The molecule has 2 aliphatic heterocycles. The predicted octanol–water partition coefficient (Wildman–Crippen LogP) is -1.05. The number of aliphatic hydroxyl groups excluding tert-OH is 1. The number of nitrogens with one attached hydrogen (secondary N) is 2. The van der Waals surface area contributed by atoms with Crippen molar-refractivity contribution < 1.29 is 10.0 Å². The van der Waals surface area contributed by atoms with Gasteiger partial charge in [-0.25, -0.2) is 0 Å². The van der Waals surface area contributed by atoms with Crippen LogP contribution in [0.15, 0.2) is 0 Å². The van der Waals surface area contributed by atoms with E-state index in [0.29, 0.717) is 0 Å². The second-order valence-corrected chi connectivity index (χ2v) is 6.13. The van der Waals surface area contributed by atoms with Crippen molar-refractivity contribution in [1.82, 2.24) is 10.2 Å². The van der Waals surface area contributed by atoms with Gasteiger partial charge in [-0.3, -0.25) is 4.90 Å². The van der Waals surface area contributed by atoms with Gasteiger partial charge in [-0.15, -0.1) is 0 Å². The molecular formula is C11H22N3OS+. The number of fused-ring (bicyclic) bond motifs is 1. The Morgan fingerprint density at radius 3 is 2.81 bits per heavy atom. The van der Waals surface area contributed by atoms with Crippen molar-refractivity contribution in [2.75, 3.05) is 26.2 Å². The molecule has 0 bridgehead atoms. The molecule has 2 fully saturated rings. The third kappa shape index (κ3) is 1.81. The van der Waals surface area contributed by atoms with Crippen molar-refractivity contribution in [2.24, 2.45) is 0 Å². The zero-order valence-electron chi connectivity index (χ0n) is 10.3. The fraction of sp³-hybridized carbons (Fsp3) is 0.909. The van der Waals surface area contributed by atoms with Crippen LogP contribution in [-0.2, 0) is 0 Å². The second kappa shape index (κ2) is 3.82. The Morgan fingerprint density at radius 1 is 1.50 bits per heavy atom. The molecule has 0 saturated carbocycles. The van der Waals surface area contributed by atoms with Crippen LogP contribution in [0.4, 0.5) is 0 Å². The SMILES string of the molecule is CC1(C)C[C@@]2(C)N(CC[NH+]2CCO)C(=S)N1. The summed E-state index contributed by atoms with van der Waals surface area (Å²) in [7, 11) is 0. The number of hydrogen-bond donors (Lipinski definition) is 3. The number of hydrogen-bond acceptors (Lipinski definition) is 2. The highest BCUT2D eigenvalue weighted by Gasteiger charge is 2.54. The van der Waals surface area contributed by atoms with Crippen molar-refractivity contribution in [3.8, 4) is 0 Å². The van der Waals surface area contributed by atoms with E-state index in [1.54, 1.807) is 0 Å². The average molecular weight is 244 g/mol. The molecule has 2 atom stereocenters. The van der Waals surface area contributed by atoms with Gasteiger partial charge in [0.05, 0.1) is 19.7 Å². The maximum Gasteiger partial charge on any atom is 0.174 e. The summed E-state index contributed by atoms with van der Waals surface area (Å²) in [6.45, 7) is 9.77. The Hall–Kier alpha value is -0.390. The van der Waals surface area contributed by atoms with Gasteiger partial charge in [-0.2, -0.15) is 0 Å². The summed E-state index contributed by atoms with van der Waals surface area (Å²) < 4.78 is 0. The van der Waals surface area contributed by atoms with Gasteiger partial charge in [-0.05, 0) is 26.1 Å². The molecule has 0 aromatic carbocycles. The van der Waals surface area contributed by atoms with Crippen LogP contribution in [0.1, 0.15) is 27.2 Å². The molecule has 92 valence electrons. The van der Waals surface area contributed by atoms with Gasteiger partial charge in [0.15, 0.2) is 10.8 Å². The molecule has 2 aliphatic rings. The fourth-order valence-electron chi connectivity index (χ4n) is 3.29. The molecule has 0 spiro atoms. The smallest absolute Gasteiger partial charge is 0.174 e. The summed E-state index contributed by atoms with van der Waals surface area (Å²) in [6.07, 6.45) is 1.05. The minimum absolute atomic E-state index is 0.0490. The van der Waals surface area contributed by atoms with Crippen LogP contribution in [0, 0.1) is 0 Å². The Kier molecular flexibility index (Phi) is 2.88. The van der Waals surface area contributed by atoms with E-state index in [1.807, 2.05) is 0 Å². The molecule has 2 saturated heterocycles. The number of aliphatic hydroxyl groups is 1. The summed E-state index contributed by atoms with van der Waals surface area (Å²) in [5.41, 5.74) is 0.0991. The van der Waals surface area contributed by atoms with Gasteiger partial charge in [0, 0.05) is 18.9 Å². The van der Waals surface area contributed by atoms with Gasteiger partial charge < -0.3 is 15.3 Å². The Bertz CT molecular complexity index is 308. The van der Waals surface area contributed by atoms with Crippen molar-refractivity contribution >= 4 is 17.3 Å². The number of quaternary nitrogens is 1. The molecule has 4 nitrogen and oxygen atoms in total. The summed E-state index contributed by atoms with van der Waals surface area (Å²) in [6, 6.07) is 0. The van der Waals surface area contributed by atoms with Crippen molar-refractivity contribution in [3.05, 3.63) is 0 Å². The Labute approximate surface area is 103 Å². The van der Waals surface area contributed by atoms with E-state index in [0.717, 1.165) is 31.2 Å². The van der Waals surface area contributed by atoms with Crippen LogP contribution < -0.4 is 10.2 Å². The van der Waals surface area contributed by atoms with Gasteiger partial charge in [0.25, 0.3) is 0 Å². The molecule has 16 heavy (non-hydrogen) atoms. The number of rotatable bonds is 2. The van der Waals surface area contributed by atoms with Crippen LogP contribution in [0.5, 0.6) is 0 Å². The fourth-order valence-corrected chi connectivity index (χ4v) is 3.86. The molecule has 0 radical (unpaired) electrons. The standard InChI is InChI=1S/C11H21N3OS/c1-10(2)8-11(3)13(6-7-15)4-5-14(11)9(16)12-10/h15H,4-8H2,1-3H3,(H,12,16)/p+1/t11-/m1/s1. The highest BCUT2D eigenvalue weighted by molar-refractivity contribution is 7.80. The molecule has 3 N–H and O–H groups in total. The molecule has 0 aromatic heterocycles. The highest BCUT2D eigenvalue weighted by Crippen LogP contribution is 2.28. The van der Waals surface area contributed by atoms with Gasteiger partial charge in [0.2, 0.25) is 0 Å². The third-order valence-corrected chi connectivity index (χ3v) is 4.21. The van der Waals surface area contributed by atoms with Crippen LogP contribution in [0.3, 0.4) is 0 Å². The molecule has 0 amide bonds. The van der Waals surface area contributed by atoms with E-state index in [-0.39, 0.29) is 17.8 Å². The number of thiocarbonyl (C=S) groups is 1. The molecule has 2 rings (SSSR count). The van der Waals surface area contributed by atoms with E-state index in [9.17, 15) is 0 Å². The lowest BCUT2D eigenvalue weighted by molar-refractivity contribution is -0.945. The van der Waals surface area contributed by atoms with Crippen molar-refractivity contribution in [1.29, 1.82) is 0 Å². The van der Waals surface area contributed by atoms with Gasteiger partial charge >= 0.3 is 0 Å². The molecular weight excluding hydrogens is 222 g/mol. The van der Waals surface area contributed by atoms with E-state index >= 15 is 0 Å². The molecule has 2 heterocycles. The lowest BCUT2D eigenvalue weighted by Gasteiger charge is -2.49. The summed E-state index contributed by atoms with van der Waals surface area (Å²) in [5.74, 6) is 0. The second-order valence-electron chi connectivity index (χ2n) is 5.74. The quantitative estimate of drug-likeness (QED) is 0.542. The van der Waals surface area contributed by atoms with E-state index in [1.165, 1.54) is 4.90 Å². The Morgan fingerprint density at radius 2 is 2.19 bits per heavy atom. The third-order valence-electron chi connectivity index (χ3n) is 3.88. The maximum atomic E-state index is 9.14. The number of nitrogens with zero attached hydrogens (tertiary/aromatic N) is 1. The largest absolute Gasteiger partial charge is 0.391 e. The van der Waals surface area contributed by atoms with E-state index in [4.69, 9.17) is 17.3 Å². The monoisotopic (exact) mass is 244 g/mol. The van der Waals surface area contributed by atoms with Crippen LogP contribution in [0.2, 0.25) is 0 Å². The van der Waals surface area contributed by atoms with Gasteiger partial charge in [0.1, 0.15) is 6.54 Å². The lowest BCUT2D eigenvalue weighted by Crippen LogP contribution is -3.20. The highest BCUT2D eigenvalue weighted by atomic mass is 32.1. The van der Waals surface area contributed by atoms with E-state index < -0.39 is 0 Å². The summed E-state index contributed by atoms with van der Waals surface area (Å²) >= 11 is 5.44. The van der Waals surface area contributed by atoms with Crippen molar-refractivity contribution in [2.45, 2.75) is 38.4 Å². The average Bonchev–Trinajstić information content (AvgIpc) is 2.41. The molecule has 0 aromatic rings. The zero-order valence-corrected chi connectivity index (χ0v) is 11.2. The Balaban J connectivity index is 2.25. The lowest BCUT2D eigenvalue weighted by atomic mass is 9.88. The topological polar surface area (TPSA) is 39.9 Å². The van der Waals surface area contributed by atoms with Crippen molar-refractivity contribution in [3.63, 3.8) is 0 Å². The van der Waals surface area contributed by atoms with Crippen LogP contribution >= 0.6 is 12.2 Å². The minimum atomic E-state index is 0.0490. The predicted molar refractivity (Wildman–Crippen MR) is 67.3 cm³/mol. The molecule has 5 heteroatoms. The minimum Gasteiger partial charge on any atom is -0.391 e. The first kappa shape index (κ1) is 12.1. The summed E-state index contributed by atoms with van der Waals surface area (Å²) in [5, 5.41) is 13.4. The first-order valence-corrected chi connectivity index (χ1v) is 6.36. The van der Waals surface area contributed by atoms with Crippen LogP contribution in [0.25, 0.3) is 0 Å². The maximum absolute atomic E-state index is 9.14. The molecule has 1 unspecified atom stereocenters. The first-order valence-electron chi connectivity index (χ1n) is 5.95. The zero-order chi connectivity index (χ0) is 12.0.